The maximum absolute atomic E-state index is 12.9. The van der Waals surface area contributed by atoms with Crippen LogP contribution in [0.3, 0.4) is 0 Å². The lowest BCUT2D eigenvalue weighted by Crippen LogP contribution is -2.27. The van der Waals surface area contributed by atoms with E-state index in [1.54, 1.807) is 11.8 Å². The average Bonchev–Trinajstić information content (AvgIpc) is 3.14. The molecule has 0 spiro atoms. The number of amides is 1. The highest BCUT2D eigenvalue weighted by Gasteiger charge is 2.15. The molecule has 0 unspecified atom stereocenters. The number of nitrogens with one attached hydrogen (secondary N) is 2. The SMILES string of the molecule is O=C(CCNS(=O)(=O)c1ccc(F)cc1)Nc1nnc(CSc2ccccc2)s1. The van der Waals surface area contributed by atoms with E-state index < -0.39 is 15.8 Å². The van der Waals surface area contributed by atoms with Crippen LogP contribution in [0.15, 0.2) is 64.4 Å². The van der Waals surface area contributed by atoms with Crippen LogP contribution >= 0.6 is 23.1 Å². The summed E-state index contributed by atoms with van der Waals surface area (Å²) < 4.78 is 39.4. The second kappa shape index (κ2) is 9.92. The highest BCUT2D eigenvalue weighted by atomic mass is 32.2. The molecule has 11 heteroatoms. The maximum Gasteiger partial charge on any atom is 0.240 e. The highest BCUT2D eigenvalue weighted by Crippen LogP contribution is 2.25. The number of aromatic nitrogens is 2. The molecule has 2 aromatic carbocycles. The van der Waals surface area contributed by atoms with Gasteiger partial charge in [-0.2, -0.15) is 0 Å². The molecule has 0 aliphatic carbocycles. The molecule has 1 aromatic heterocycles. The van der Waals surface area contributed by atoms with Gasteiger partial charge >= 0.3 is 0 Å². The summed E-state index contributed by atoms with van der Waals surface area (Å²) in [6, 6.07) is 14.3. The van der Waals surface area contributed by atoms with Crippen molar-refractivity contribution in [3.8, 4) is 0 Å². The van der Waals surface area contributed by atoms with E-state index in [-0.39, 0.29) is 23.8 Å². The Hall–Kier alpha value is -2.34. The smallest absolute Gasteiger partial charge is 0.240 e. The Bertz CT molecular complexity index is 1060. The number of thioether (sulfide) groups is 1. The Morgan fingerprint density at radius 1 is 1.07 bits per heavy atom. The number of hydrogen-bond acceptors (Lipinski definition) is 7. The van der Waals surface area contributed by atoms with Crippen LogP contribution in [0.25, 0.3) is 0 Å². The Balaban J connectivity index is 1.44. The summed E-state index contributed by atoms with van der Waals surface area (Å²) in [6.45, 7) is -0.0962. The van der Waals surface area contributed by atoms with E-state index in [2.05, 4.69) is 20.2 Å². The number of halogens is 1. The van der Waals surface area contributed by atoms with Gasteiger partial charge < -0.3 is 5.32 Å². The molecule has 0 fully saturated rings. The predicted molar refractivity (Wildman–Crippen MR) is 111 cm³/mol. The minimum absolute atomic E-state index is 0.0658. The van der Waals surface area contributed by atoms with Crippen LogP contribution in [0.2, 0.25) is 0 Å². The van der Waals surface area contributed by atoms with Crippen molar-refractivity contribution < 1.29 is 17.6 Å². The van der Waals surface area contributed by atoms with Crippen LogP contribution in [0.5, 0.6) is 0 Å². The number of rotatable bonds is 9. The van der Waals surface area contributed by atoms with Crippen molar-refractivity contribution >= 4 is 44.2 Å². The van der Waals surface area contributed by atoms with Crippen molar-refractivity contribution in [1.29, 1.82) is 0 Å². The second-order valence-electron chi connectivity index (χ2n) is 5.75. The standard InChI is InChI=1S/C18H17FN4O3S3/c19-13-6-8-15(9-7-13)29(25,26)20-11-10-16(24)21-18-23-22-17(28-18)12-27-14-4-2-1-3-5-14/h1-9,20H,10-12H2,(H,21,23,24). The van der Waals surface area contributed by atoms with Crippen molar-refractivity contribution in [3.63, 3.8) is 0 Å². The van der Waals surface area contributed by atoms with Gasteiger partial charge in [-0.1, -0.05) is 29.5 Å². The van der Waals surface area contributed by atoms with Gasteiger partial charge in [0.05, 0.1) is 10.6 Å². The van der Waals surface area contributed by atoms with Crippen LogP contribution in [-0.4, -0.2) is 31.1 Å². The van der Waals surface area contributed by atoms with E-state index in [0.717, 1.165) is 34.2 Å². The first-order valence-electron chi connectivity index (χ1n) is 8.48. The van der Waals surface area contributed by atoms with Gasteiger partial charge in [-0.3, -0.25) is 4.79 Å². The zero-order chi connectivity index (χ0) is 20.7. The number of hydrogen-bond donors (Lipinski definition) is 2. The molecule has 0 saturated carbocycles. The molecule has 0 saturated heterocycles. The number of carbonyl (C=O) groups is 1. The zero-order valence-electron chi connectivity index (χ0n) is 15.0. The molecule has 1 amide bonds. The lowest BCUT2D eigenvalue weighted by Gasteiger charge is -2.06. The Morgan fingerprint density at radius 3 is 2.52 bits per heavy atom. The van der Waals surface area contributed by atoms with Crippen LogP contribution < -0.4 is 10.0 Å². The first kappa shape index (κ1) is 21.4. The van der Waals surface area contributed by atoms with E-state index in [1.165, 1.54) is 11.3 Å². The van der Waals surface area contributed by atoms with Crippen LogP contribution in [0.1, 0.15) is 11.4 Å². The quantitative estimate of drug-likeness (QED) is 0.483. The van der Waals surface area contributed by atoms with Crippen molar-refractivity contribution in [2.24, 2.45) is 0 Å². The van der Waals surface area contributed by atoms with E-state index >= 15 is 0 Å². The molecule has 0 aliphatic rings. The fourth-order valence-electron chi connectivity index (χ4n) is 2.20. The molecular weight excluding hydrogens is 435 g/mol. The first-order chi connectivity index (χ1) is 13.9. The van der Waals surface area contributed by atoms with Crippen molar-refractivity contribution in [1.82, 2.24) is 14.9 Å². The molecule has 1 heterocycles. The van der Waals surface area contributed by atoms with Gasteiger partial charge in [0.15, 0.2) is 0 Å². The van der Waals surface area contributed by atoms with E-state index in [0.29, 0.717) is 10.9 Å². The molecule has 0 bridgehead atoms. The third-order valence-electron chi connectivity index (χ3n) is 3.59. The zero-order valence-corrected chi connectivity index (χ0v) is 17.5. The fourth-order valence-corrected chi connectivity index (χ4v) is 4.90. The van der Waals surface area contributed by atoms with Crippen LogP contribution in [0, 0.1) is 5.82 Å². The molecule has 3 aromatic rings. The number of carbonyl (C=O) groups excluding carboxylic acids is 1. The molecule has 0 atom stereocenters. The monoisotopic (exact) mass is 452 g/mol. The number of sulfonamides is 1. The lowest BCUT2D eigenvalue weighted by atomic mass is 10.4. The molecule has 2 N–H and O–H groups in total. The Kier molecular flexibility index (Phi) is 7.31. The van der Waals surface area contributed by atoms with Gasteiger partial charge in [0.25, 0.3) is 0 Å². The molecule has 0 aliphatic heterocycles. The topological polar surface area (TPSA) is 101 Å². The molecular formula is C18H17FN4O3S3. The minimum atomic E-state index is -3.80. The van der Waals surface area contributed by atoms with Gasteiger partial charge in [-0.05, 0) is 36.4 Å². The summed E-state index contributed by atoms with van der Waals surface area (Å²) in [6.07, 6.45) is -0.0753. The first-order valence-corrected chi connectivity index (χ1v) is 11.8. The van der Waals surface area contributed by atoms with Gasteiger partial charge in [0.1, 0.15) is 10.8 Å². The Labute approximate surface area is 175 Å². The van der Waals surface area contributed by atoms with Crippen LogP contribution in [-0.2, 0) is 20.6 Å². The van der Waals surface area contributed by atoms with Crippen molar-refractivity contribution in [2.75, 3.05) is 11.9 Å². The fraction of sp³-hybridized carbons (Fsp3) is 0.167. The Morgan fingerprint density at radius 2 is 1.79 bits per heavy atom. The van der Waals surface area contributed by atoms with Crippen LogP contribution in [0.4, 0.5) is 9.52 Å². The van der Waals surface area contributed by atoms with Gasteiger partial charge in [0.2, 0.25) is 21.1 Å². The largest absolute Gasteiger partial charge is 0.300 e. The van der Waals surface area contributed by atoms with Gasteiger partial charge in [0, 0.05) is 17.9 Å². The maximum atomic E-state index is 12.9. The van der Waals surface area contributed by atoms with E-state index in [1.807, 2.05) is 30.3 Å². The number of anilines is 1. The third-order valence-corrected chi connectivity index (χ3v) is 7.11. The van der Waals surface area contributed by atoms with Crippen molar-refractivity contribution in [2.45, 2.75) is 22.0 Å². The van der Waals surface area contributed by atoms with E-state index in [4.69, 9.17) is 0 Å². The molecule has 152 valence electrons. The average molecular weight is 453 g/mol. The van der Waals surface area contributed by atoms with Gasteiger partial charge in [-0.15, -0.1) is 22.0 Å². The summed E-state index contributed by atoms with van der Waals surface area (Å²) >= 11 is 2.88. The number of nitrogens with zero attached hydrogens (tertiary/aromatic N) is 2. The normalized spacial score (nSPS) is 11.3. The molecule has 0 radical (unpaired) electrons. The molecule has 3 rings (SSSR count). The van der Waals surface area contributed by atoms with Gasteiger partial charge in [-0.25, -0.2) is 17.5 Å². The lowest BCUT2D eigenvalue weighted by molar-refractivity contribution is -0.116. The summed E-state index contributed by atoms with van der Waals surface area (Å²) in [5.74, 6) is -0.276. The minimum Gasteiger partial charge on any atom is -0.300 e. The van der Waals surface area contributed by atoms with E-state index in [9.17, 15) is 17.6 Å². The number of benzene rings is 2. The molecule has 7 nitrogen and oxygen atoms in total. The second-order valence-corrected chi connectivity index (χ2v) is 9.63. The summed E-state index contributed by atoms with van der Waals surface area (Å²) in [7, 11) is -3.80. The predicted octanol–water partition coefficient (Wildman–Crippen LogP) is 3.28. The van der Waals surface area contributed by atoms with Crippen molar-refractivity contribution in [3.05, 3.63) is 65.4 Å². The summed E-state index contributed by atoms with van der Waals surface area (Å²) in [5, 5.41) is 11.7. The summed E-state index contributed by atoms with van der Waals surface area (Å²) in [5.41, 5.74) is 0. The highest BCUT2D eigenvalue weighted by molar-refractivity contribution is 7.98. The summed E-state index contributed by atoms with van der Waals surface area (Å²) in [4.78, 5) is 13.1. The third kappa shape index (κ3) is 6.60. The molecule has 29 heavy (non-hydrogen) atoms.